The molecule has 0 aromatic heterocycles. The molecular formula is C8H11NOS. The molecule has 1 aromatic rings. The molecule has 1 rings (SSSR count). The van der Waals surface area contributed by atoms with Crippen LogP contribution < -0.4 is 5.73 Å². The lowest BCUT2D eigenvalue weighted by atomic mass is 10.1. The van der Waals surface area contributed by atoms with E-state index in [2.05, 4.69) is 12.6 Å². The van der Waals surface area contributed by atoms with Gasteiger partial charge in [0.25, 0.3) is 0 Å². The van der Waals surface area contributed by atoms with Crippen molar-refractivity contribution >= 4 is 12.6 Å². The van der Waals surface area contributed by atoms with Crippen LogP contribution in [0.4, 0.5) is 0 Å². The third kappa shape index (κ3) is 2.22. The average Bonchev–Trinajstić information content (AvgIpc) is 2.03. The third-order valence-corrected chi connectivity index (χ3v) is 1.77. The lowest BCUT2D eigenvalue weighted by Gasteiger charge is -2.07. The lowest BCUT2D eigenvalue weighted by molar-refractivity contribution is 0.268. The van der Waals surface area contributed by atoms with Gasteiger partial charge in [0.15, 0.2) is 0 Å². The number of aliphatic hydroxyl groups excluding tert-OH is 1. The van der Waals surface area contributed by atoms with Crippen molar-refractivity contribution in [3.63, 3.8) is 0 Å². The van der Waals surface area contributed by atoms with Crippen LogP contribution in [0, 0.1) is 0 Å². The highest BCUT2D eigenvalue weighted by Crippen LogP contribution is 2.13. The largest absolute Gasteiger partial charge is 0.394 e. The minimum atomic E-state index is -0.290. The van der Waals surface area contributed by atoms with E-state index < -0.39 is 0 Å². The summed E-state index contributed by atoms with van der Waals surface area (Å²) in [6.07, 6.45) is 0. The van der Waals surface area contributed by atoms with Crippen molar-refractivity contribution in [3.8, 4) is 0 Å². The van der Waals surface area contributed by atoms with Gasteiger partial charge in [0.1, 0.15) is 0 Å². The van der Waals surface area contributed by atoms with E-state index in [1.807, 2.05) is 24.3 Å². The monoisotopic (exact) mass is 169 g/mol. The first kappa shape index (κ1) is 8.59. The molecule has 0 amide bonds. The van der Waals surface area contributed by atoms with Gasteiger partial charge >= 0.3 is 0 Å². The van der Waals surface area contributed by atoms with Gasteiger partial charge in [-0.15, -0.1) is 12.6 Å². The average molecular weight is 169 g/mol. The molecule has 0 heterocycles. The number of hydrogen-bond donors (Lipinski definition) is 3. The standard InChI is InChI=1S/C8H11NOS/c9-8(5-10)6-2-1-3-7(11)4-6/h1-4,8,10-11H,5,9H2/t8-/m1/s1. The summed E-state index contributed by atoms with van der Waals surface area (Å²) in [7, 11) is 0. The van der Waals surface area contributed by atoms with E-state index in [9.17, 15) is 0 Å². The SMILES string of the molecule is N[C@H](CO)c1cccc(S)c1. The Bertz CT molecular complexity index is 239. The van der Waals surface area contributed by atoms with E-state index in [-0.39, 0.29) is 12.6 Å². The highest BCUT2D eigenvalue weighted by molar-refractivity contribution is 7.80. The van der Waals surface area contributed by atoms with Crippen LogP contribution in [0.3, 0.4) is 0 Å². The summed E-state index contributed by atoms with van der Waals surface area (Å²) in [5.41, 5.74) is 6.50. The summed E-state index contributed by atoms with van der Waals surface area (Å²) in [4.78, 5) is 0.867. The van der Waals surface area contributed by atoms with Crippen molar-refractivity contribution in [1.29, 1.82) is 0 Å². The number of aliphatic hydroxyl groups is 1. The van der Waals surface area contributed by atoms with Gasteiger partial charge in [-0.1, -0.05) is 12.1 Å². The molecule has 0 aliphatic rings. The number of nitrogens with two attached hydrogens (primary N) is 1. The van der Waals surface area contributed by atoms with E-state index >= 15 is 0 Å². The molecule has 0 spiro atoms. The third-order valence-electron chi connectivity index (χ3n) is 1.50. The van der Waals surface area contributed by atoms with Crippen molar-refractivity contribution in [1.82, 2.24) is 0 Å². The predicted molar refractivity (Wildman–Crippen MR) is 47.7 cm³/mol. The lowest BCUT2D eigenvalue weighted by Crippen LogP contribution is -2.14. The van der Waals surface area contributed by atoms with E-state index in [4.69, 9.17) is 10.8 Å². The van der Waals surface area contributed by atoms with Crippen molar-refractivity contribution < 1.29 is 5.11 Å². The molecule has 0 unspecified atom stereocenters. The molecule has 0 saturated carbocycles. The molecule has 0 saturated heterocycles. The molecule has 60 valence electrons. The van der Waals surface area contributed by atoms with Gasteiger partial charge in [-0.3, -0.25) is 0 Å². The second-order valence-electron chi connectivity index (χ2n) is 2.38. The van der Waals surface area contributed by atoms with Gasteiger partial charge in [-0.2, -0.15) is 0 Å². The number of hydrogen-bond acceptors (Lipinski definition) is 3. The van der Waals surface area contributed by atoms with Crippen molar-refractivity contribution in [2.24, 2.45) is 5.73 Å². The Hall–Kier alpha value is -0.510. The maximum atomic E-state index is 8.73. The first-order valence-electron chi connectivity index (χ1n) is 3.39. The second-order valence-corrected chi connectivity index (χ2v) is 2.90. The van der Waals surface area contributed by atoms with E-state index in [1.54, 1.807) is 0 Å². The summed E-state index contributed by atoms with van der Waals surface area (Å²) in [5, 5.41) is 8.73. The Morgan fingerprint density at radius 2 is 2.27 bits per heavy atom. The molecule has 1 atom stereocenters. The van der Waals surface area contributed by atoms with Gasteiger partial charge in [-0.05, 0) is 17.7 Å². The van der Waals surface area contributed by atoms with Gasteiger partial charge in [-0.25, -0.2) is 0 Å². The molecular weight excluding hydrogens is 158 g/mol. The first-order valence-corrected chi connectivity index (χ1v) is 3.84. The molecule has 0 aliphatic heterocycles. The van der Waals surface area contributed by atoms with Crippen molar-refractivity contribution in [2.75, 3.05) is 6.61 Å². The Balaban J connectivity index is 2.86. The molecule has 3 heteroatoms. The summed E-state index contributed by atoms with van der Waals surface area (Å²) < 4.78 is 0. The highest BCUT2D eigenvalue weighted by atomic mass is 32.1. The zero-order valence-electron chi connectivity index (χ0n) is 6.07. The predicted octanol–water partition coefficient (Wildman–Crippen LogP) is 0.967. The fourth-order valence-electron chi connectivity index (χ4n) is 0.861. The molecule has 3 N–H and O–H groups in total. The number of rotatable bonds is 2. The van der Waals surface area contributed by atoms with Crippen LogP contribution in [0.2, 0.25) is 0 Å². The Labute approximate surface area is 71.5 Å². The zero-order valence-corrected chi connectivity index (χ0v) is 6.96. The first-order chi connectivity index (χ1) is 5.24. The van der Waals surface area contributed by atoms with E-state index in [1.165, 1.54) is 0 Å². The molecule has 2 nitrogen and oxygen atoms in total. The van der Waals surface area contributed by atoms with Crippen LogP contribution >= 0.6 is 12.6 Å². The van der Waals surface area contributed by atoms with Gasteiger partial charge < -0.3 is 10.8 Å². The normalized spacial score (nSPS) is 13.0. The quantitative estimate of drug-likeness (QED) is 0.578. The maximum Gasteiger partial charge on any atom is 0.0624 e. The van der Waals surface area contributed by atoms with Crippen LogP contribution in [0.15, 0.2) is 29.2 Å². The van der Waals surface area contributed by atoms with Crippen molar-refractivity contribution in [3.05, 3.63) is 29.8 Å². The fourth-order valence-corrected chi connectivity index (χ4v) is 1.10. The summed E-state index contributed by atoms with van der Waals surface area (Å²) in [6, 6.07) is 7.18. The van der Waals surface area contributed by atoms with Gasteiger partial charge in [0.05, 0.1) is 12.6 Å². The fraction of sp³-hybridized carbons (Fsp3) is 0.250. The van der Waals surface area contributed by atoms with Crippen LogP contribution in [0.25, 0.3) is 0 Å². The second kappa shape index (κ2) is 3.76. The Morgan fingerprint density at radius 1 is 1.55 bits per heavy atom. The van der Waals surface area contributed by atoms with Crippen molar-refractivity contribution in [2.45, 2.75) is 10.9 Å². The summed E-state index contributed by atoms with van der Waals surface area (Å²) in [6.45, 7) is -0.0305. The van der Waals surface area contributed by atoms with Crippen LogP contribution in [0.1, 0.15) is 11.6 Å². The Morgan fingerprint density at radius 3 is 2.82 bits per heavy atom. The highest BCUT2D eigenvalue weighted by Gasteiger charge is 2.02. The van der Waals surface area contributed by atoms with Crippen LogP contribution in [0.5, 0.6) is 0 Å². The van der Waals surface area contributed by atoms with Crippen LogP contribution in [-0.4, -0.2) is 11.7 Å². The topological polar surface area (TPSA) is 46.2 Å². The molecule has 0 fully saturated rings. The minimum absolute atomic E-state index is 0.0305. The van der Waals surface area contributed by atoms with E-state index in [0.717, 1.165) is 10.5 Å². The number of thiol groups is 1. The van der Waals surface area contributed by atoms with Crippen LogP contribution in [-0.2, 0) is 0 Å². The maximum absolute atomic E-state index is 8.73. The Kier molecular flexibility index (Phi) is 2.93. The molecule has 0 bridgehead atoms. The molecule has 0 aliphatic carbocycles. The molecule has 0 radical (unpaired) electrons. The van der Waals surface area contributed by atoms with Gasteiger partial charge in [0.2, 0.25) is 0 Å². The molecule has 1 aromatic carbocycles. The number of benzene rings is 1. The molecule has 11 heavy (non-hydrogen) atoms. The summed E-state index contributed by atoms with van der Waals surface area (Å²) in [5.74, 6) is 0. The minimum Gasteiger partial charge on any atom is -0.394 e. The zero-order chi connectivity index (χ0) is 8.27. The van der Waals surface area contributed by atoms with Gasteiger partial charge in [0, 0.05) is 4.90 Å². The van der Waals surface area contributed by atoms with E-state index in [0.29, 0.717) is 0 Å². The smallest absolute Gasteiger partial charge is 0.0624 e. The summed E-state index contributed by atoms with van der Waals surface area (Å²) >= 11 is 4.15.